The van der Waals surface area contributed by atoms with Crippen molar-refractivity contribution in [3.8, 4) is 0 Å². The second kappa shape index (κ2) is 5.11. The van der Waals surface area contributed by atoms with E-state index in [1.54, 1.807) is 0 Å². The van der Waals surface area contributed by atoms with Gasteiger partial charge in [-0.1, -0.05) is 25.3 Å². The van der Waals surface area contributed by atoms with Crippen LogP contribution in [-0.4, -0.2) is 12.3 Å². The number of rotatable bonds is 2. The Hall–Kier alpha value is -0.590. The van der Waals surface area contributed by atoms with Gasteiger partial charge in [-0.05, 0) is 25.8 Å². The monoisotopic (exact) mass is 151 g/mol. The molecule has 1 aliphatic carbocycles. The van der Waals surface area contributed by atoms with Crippen LogP contribution in [0.2, 0.25) is 0 Å². The molecule has 0 radical (unpaired) electrons. The van der Waals surface area contributed by atoms with Crippen molar-refractivity contribution in [2.75, 3.05) is 0 Å². The number of hydrogen-bond donors (Lipinski definition) is 0. The van der Waals surface area contributed by atoms with Crippen LogP contribution in [0.25, 0.3) is 0 Å². The molecule has 1 rings (SSSR count). The largest absolute Gasteiger partial charge is 0.290 e. The maximum Gasteiger partial charge on any atom is 0.0499 e. The van der Waals surface area contributed by atoms with Gasteiger partial charge in [-0.15, -0.1) is 0 Å². The maximum absolute atomic E-state index is 4.46. The fraction of sp³-hybridized carbons (Fsp3) is 0.700. The van der Waals surface area contributed by atoms with Crippen LogP contribution >= 0.6 is 0 Å². The molecule has 0 aromatic heterocycles. The Morgan fingerprint density at radius 1 is 1.18 bits per heavy atom. The Morgan fingerprint density at radius 2 is 1.91 bits per heavy atom. The van der Waals surface area contributed by atoms with E-state index < -0.39 is 0 Å². The fourth-order valence-corrected chi connectivity index (χ4v) is 1.49. The van der Waals surface area contributed by atoms with Gasteiger partial charge in [0.1, 0.15) is 0 Å². The zero-order chi connectivity index (χ0) is 7.94. The summed E-state index contributed by atoms with van der Waals surface area (Å²) in [4.78, 5) is 4.46. The summed E-state index contributed by atoms with van der Waals surface area (Å²) >= 11 is 0. The van der Waals surface area contributed by atoms with Gasteiger partial charge < -0.3 is 0 Å². The smallest absolute Gasteiger partial charge is 0.0499 e. The topological polar surface area (TPSA) is 12.4 Å². The Morgan fingerprint density at radius 3 is 2.55 bits per heavy atom. The average Bonchev–Trinajstić information content (AvgIpc) is 2.07. The average molecular weight is 151 g/mol. The predicted molar refractivity (Wildman–Crippen MR) is 50.2 cm³/mol. The van der Waals surface area contributed by atoms with E-state index >= 15 is 0 Å². The summed E-state index contributed by atoms with van der Waals surface area (Å²) in [7, 11) is 0. The molecule has 1 nitrogen and oxygen atoms in total. The summed E-state index contributed by atoms with van der Waals surface area (Å²) in [5.74, 6) is 0. The molecular formula is C10H17N. The summed E-state index contributed by atoms with van der Waals surface area (Å²) in [5.41, 5.74) is 0. The third kappa shape index (κ3) is 3.35. The van der Waals surface area contributed by atoms with E-state index in [1.807, 2.05) is 25.3 Å². The first-order valence-electron chi connectivity index (χ1n) is 4.58. The summed E-state index contributed by atoms with van der Waals surface area (Å²) in [6.45, 7) is 2.02. The number of aliphatic imine (C=N–C) groups is 1. The van der Waals surface area contributed by atoms with Crippen molar-refractivity contribution in [1.29, 1.82) is 0 Å². The Labute approximate surface area is 69.2 Å². The lowest BCUT2D eigenvalue weighted by Crippen LogP contribution is -2.09. The summed E-state index contributed by atoms with van der Waals surface area (Å²) < 4.78 is 0. The van der Waals surface area contributed by atoms with E-state index in [4.69, 9.17) is 0 Å². The van der Waals surface area contributed by atoms with Gasteiger partial charge in [-0.3, -0.25) is 4.99 Å². The van der Waals surface area contributed by atoms with Gasteiger partial charge in [0.25, 0.3) is 0 Å². The molecule has 1 saturated carbocycles. The SMILES string of the molecule is C/C=C/C=NC1CCCCC1. The predicted octanol–water partition coefficient (Wildman–Crippen LogP) is 2.97. The van der Waals surface area contributed by atoms with E-state index in [0.717, 1.165) is 0 Å². The lowest BCUT2D eigenvalue weighted by Gasteiger charge is -2.16. The molecule has 1 aliphatic rings. The molecule has 0 saturated heterocycles. The molecule has 0 aromatic carbocycles. The van der Waals surface area contributed by atoms with E-state index in [0.29, 0.717) is 6.04 Å². The van der Waals surface area contributed by atoms with Gasteiger partial charge in [0.05, 0.1) is 0 Å². The van der Waals surface area contributed by atoms with Gasteiger partial charge in [-0.25, -0.2) is 0 Å². The van der Waals surface area contributed by atoms with Crippen LogP contribution in [0.3, 0.4) is 0 Å². The van der Waals surface area contributed by atoms with Crippen LogP contribution in [0, 0.1) is 0 Å². The number of hydrogen-bond acceptors (Lipinski definition) is 1. The highest BCUT2D eigenvalue weighted by Crippen LogP contribution is 2.19. The maximum atomic E-state index is 4.46. The molecule has 0 atom stereocenters. The highest BCUT2D eigenvalue weighted by molar-refractivity contribution is 5.70. The molecular weight excluding hydrogens is 134 g/mol. The fourth-order valence-electron chi connectivity index (χ4n) is 1.49. The van der Waals surface area contributed by atoms with Gasteiger partial charge in [0.2, 0.25) is 0 Å². The van der Waals surface area contributed by atoms with Crippen molar-refractivity contribution >= 4 is 6.21 Å². The van der Waals surface area contributed by atoms with Crippen LogP contribution in [0.5, 0.6) is 0 Å². The third-order valence-electron chi connectivity index (χ3n) is 2.15. The van der Waals surface area contributed by atoms with E-state index in [-0.39, 0.29) is 0 Å². The Balaban J connectivity index is 2.23. The van der Waals surface area contributed by atoms with Crippen molar-refractivity contribution in [3.05, 3.63) is 12.2 Å². The van der Waals surface area contributed by atoms with Crippen LogP contribution in [0.4, 0.5) is 0 Å². The van der Waals surface area contributed by atoms with Crippen LogP contribution in [0.1, 0.15) is 39.0 Å². The van der Waals surface area contributed by atoms with Gasteiger partial charge in [0, 0.05) is 12.3 Å². The Bertz CT molecular complexity index is 141. The minimum absolute atomic E-state index is 0.625. The van der Waals surface area contributed by atoms with Gasteiger partial charge >= 0.3 is 0 Å². The van der Waals surface area contributed by atoms with E-state index in [1.165, 1.54) is 32.1 Å². The molecule has 0 unspecified atom stereocenters. The molecule has 1 heteroatoms. The molecule has 0 N–H and O–H groups in total. The third-order valence-corrected chi connectivity index (χ3v) is 2.15. The Kier molecular flexibility index (Phi) is 3.95. The van der Waals surface area contributed by atoms with Crippen molar-refractivity contribution in [2.24, 2.45) is 4.99 Å². The zero-order valence-electron chi connectivity index (χ0n) is 7.29. The molecule has 0 heterocycles. The van der Waals surface area contributed by atoms with Crippen molar-refractivity contribution < 1.29 is 0 Å². The van der Waals surface area contributed by atoms with Crippen molar-refractivity contribution in [1.82, 2.24) is 0 Å². The molecule has 0 amide bonds. The summed E-state index contributed by atoms with van der Waals surface area (Å²) in [6.07, 6.45) is 12.7. The summed E-state index contributed by atoms with van der Waals surface area (Å²) in [5, 5.41) is 0. The van der Waals surface area contributed by atoms with Crippen molar-refractivity contribution in [2.45, 2.75) is 45.1 Å². The zero-order valence-corrected chi connectivity index (χ0v) is 7.29. The first kappa shape index (κ1) is 8.51. The minimum Gasteiger partial charge on any atom is -0.290 e. The normalized spacial score (nSPS) is 21.9. The molecule has 1 fully saturated rings. The second-order valence-electron chi connectivity index (χ2n) is 3.12. The van der Waals surface area contributed by atoms with Crippen LogP contribution < -0.4 is 0 Å². The standard InChI is InChI=1S/C10H17N/c1-2-3-9-11-10-7-5-4-6-8-10/h2-3,9-10H,4-8H2,1H3/b3-2+,11-9?. The number of nitrogens with zero attached hydrogens (tertiary/aromatic N) is 1. The van der Waals surface area contributed by atoms with Crippen molar-refractivity contribution in [3.63, 3.8) is 0 Å². The molecule has 0 spiro atoms. The number of allylic oxidation sites excluding steroid dienone is 2. The minimum atomic E-state index is 0.625. The molecule has 0 aromatic rings. The van der Waals surface area contributed by atoms with Crippen LogP contribution in [0.15, 0.2) is 17.1 Å². The molecule has 11 heavy (non-hydrogen) atoms. The molecule has 62 valence electrons. The van der Waals surface area contributed by atoms with Gasteiger partial charge in [-0.2, -0.15) is 0 Å². The second-order valence-corrected chi connectivity index (χ2v) is 3.12. The first-order valence-corrected chi connectivity index (χ1v) is 4.58. The highest BCUT2D eigenvalue weighted by atomic mass is 14.8. The lowest BCUT2D eigenvalue weighted by atomic mass is 9.96. The quantitative estimate of drug-likeness (QED) is 0.538. The van der Waals surface area contributed by atoms with Gasteiger partial charge in [0.15, 0.2) is 0 Å². The molecule has 0 bridgehead atoms. The lowest BCUT2D eigenvalue weighted by molar-refractivity contribution is 0.444. The van der Waals surface area contributed by atoms with Crippen LogP contribution in [-0.2, 0) is 0 Å². The molecule has 0 aliphatic heterocycles. The summed E-state index contributed by atoms with van der Waals surface area (Å²) in [6, 6.07) is 0.625. The van der Waals surface area contributed by atoms with E-state index in [2.05, 4.69) is 4.99 Å². The van der Waals surface area contributed by atoms with E-state index in [9.17, 15) is 0 Å². The first-order chi connectivity index (χ1) is 5.43. The highest BCUT2D eigenvalue weighted by Gasteiger charge is 2.09.